The van der Waals surface area contributed by atoms with Gasteiger partial charge in [0.05, 0.1) is 22.0 Å². The smallest absolute Gasteiger partial charge is 0.349 e. The van der Waals surface area contributed by atoms with Crippen LogP contribution < -0.4 is 16.0 Å². The van der Waals surface area contributed by atoms with Crippen LogP contribution in [0.1, 0.15) is 11.1 Å². The fourth-order valence-corrected chi connectivity index (χ4v) is 3.32. The van der Waals surface area contributed by atoms with Gasteiger partial charge in [-0.1, -0.05) is 54.1 Å². The SMILES string of the molecule is O=c1[nH]c2ccccc2c(=O)n1N=Cc1cc(Cl)cc([N+](=O)[O-])c1OCc1ccccc1. The van der Waals surface area contributed by atoms with Crippen molar-refractivity contribution in [2.75, 3.05) is 0 Å². The van der Waals surface area contributed by atoms with Crippen molar-refractivity contribution >= 4 is 34.4 Å². The molecule has 1 aromatic heterocycles. The third-order valence-corrected chi connectivity index (χ3v) is 4.80. The van der Waals surface area contributed by atoms with Crippen LogP contribution in [0.15, 0.2) is 81.4 Å². The molecule has 10 heteroatoms. The Hall–Kier alpha value is -4.24. The van der Waals surface area contributed by atoms with Crippen molar-refractivity contribution in [1.82, 2.24) is 9.66 Å². The van der Waals surface area contributed by atoms with E-state index >= 15 is 0 Å². The van der Waals surface area contributed by atoms with Gasteiger partial charge in [-0.25, -0.2) is 4.79 Å². The highest BCUT2D eigenvalue weighted by atomic mass is 35.5. The van der Waals surface area contributed by atoms with E-state index in [1.807, 2.05) is 30.3 Å². The number of hydrogen-bond acceptors (Lipinski definition) is 6. The molecule has 0 fully saturated rings. The van der Waals surface area contributed by atoms with Gasteiger partial charge in [-0.3, -0.25) is 14.9 Å². The molecule has 0 saturated heterocycles. The van der Waals surface area contributed by atoms with E-state index in [1.165, 1.54) is 6.07 Å². The third-order valence-electron chi connectivity index (χ3n) is 4.58. The number of rotatable bonds is 6. The second-order valence-corrected chi connectivity index (χ2v) is 7.15. The summed E-state index contributed by atoms with van der Waals surface area (Å²) in [7, 11) is 0. The van der Waals surface area contributed by atoms with E-state index in [-0.39, 0.29) is 34.0 Å². The van der Waals surface area contributed by atoms with E-state index in [9.17, 15) is 19.7 Å². The molecular weight excluding hydrogens is 436 g/mol. The number of ether oxygens (including phenoxy) is 1. The van der Waals surface area contributed by atoms with Crippen LogP contribution in [0.5, 0.6) is 5.75 Å². The van der Waals surface area contributed by atoms with Gasteiger partial charge < -0.3 is 9.72 Å². The molecule has 9 nitrogen and oxygen atoms in total. The number of nitro groups is 1. The second kappa shape index (κ2) is 8.86. The van der Waals surface area contributed by atoms with Crippen LogP contribution in [0.25, 0.3) is 10.9 Å². The van der Waals surface area contributed by atoms with Gasteiger partial charge >= 0.3 is 11.4 Å². The number of nitrogens with zero attached hydrogens (tertiary/aromatic N) is 3. The zero-order valence-corrected chi connectivity index (χ0v) is 17.2. The van der Waals surface area contributed by atoms with Crippen molar-refractivity contribution in [2.45, 2.75) is 6.61 Å². The fraction of sp³-hybridized carbons (Fsp3) is 0.0455. The van der Waals surface area contributed by atoms with Crippen molar-refractivity contribution < 1.29 is 9.66 Å². The Morgan fingerprint density at radius 2 is 1.81 bits per heavy atom. The summed E-state index contributed by atoms with van der Waals surface area (Å²) >= 11 is 6.05. The summed E-state index contributed by atoms with van der Waals surface area (Å²) in [4.78, 5) is 38.5. The number of para-hydroxylation sites is 1. The summed E-state index contributed by atoms with van der Waals surface area (Å²) < 4.78 is 6.36. The lowest BCUT2D eigenvalue weighted by atomic mass is 10.2. The minimum atomic E-state index is -0.756. The molecule has 0 aliphatic rings. The Morgan fingerprint density at radius 1 is 1.09 bits per heavy atom. The molecule has 0 aliphatic heterocycles. The standard InChI is InChI=1S/C22H15ClN4O5/c23-16-10-15(12-24-26-21(28)17-8-4-5-9-18(17)25-22(26)29)20(19(11-16)27(30)31)32-13-14-6-2-1-3-7-14/h1-12H,13H2,(H,25,29). The maximum atomic E-state index is 12.7. The number of nitro benzene ring substituents is 1. The predicted molar refractivity (Wildman–Crippen MR) is 121 cm³/mol. The average molecular weight is 451 g/mol. The fourth-order valence-electron chi connectivity index (χ4n) is 3.10. The molecule has 0 radical (unpaired) electrons. The highest BCUT2D eigenvalue weighted by Crippen LogP contribution is 2.34. The number of halogens is 1. The van der Waals surface area contributed by atoms with Crippen molar-refractivity contribution in [1.29, 1.82) is 0 Å². The number of H-pyrrole nitrogens is 1. The molecule has 0 aliphatic carbocycles. The van der Waals surface area contributed by atoms with Crippen LogP contribution in [0.4, 0.5) is 5.69 Å². The molecule has 0 saturated carbocycles. The van der Waals surface area contributed by atoms with Crippen LogP contribution in [0, 0.1) is 10.1 Å². The van der Waals surface area contributed by atoms with Crippen molar-refractivity contribution in [3.63, 3.8) is 0 Å². The molecule has 0 amide bonds. The number of nitrogens with one attached hydrogen (secondary N) is 1. The Morgan fingerprint density at radius 3 is 2.56 bits per heavy atom. The Bertz CT molecular complexity index is 1460. The summed E-state index contributed by atoms with van der Waals surface area (Å²) in [5.41, 5.74) is -0.451. The number of fused-ring (bicyclic) bond motifs is 1. The van der Waals surface area contributed by atoms with Gasteiger partial charge in [0.15, 0.2) is 0 Å². The van der Waals surface area contributed by atoms with E-state index < -0.39 is 16.2 Å². The van der Waals surface area contributed by atoms with Crippen LogP contribution in [-0.2, 0) is 6.61 Å². The van der Waals surface area contributed by atoms with Gasteiger partial charge in [0.25, 0.3) is 5.56 Å². The number of aromatic nitrogens is 2. The molecule has 32 heavy (non-hydrogen) atoms. The van der Waals surface area contributed by atoms with E-state index in [0.29, 0.717) is 10.2 Å². The maximum Gasteiger partial charge on any atom is 0.349 e. The summed E-state index contributed by atoms with van der Waals surface area (Å²) in [5, 5.41) is 15.9. The number of hydrogen-bond donors (Lipinski definition) is 1. The Kier molecular flexibility index (Phi) is 5.82. The molecule has 0 bridgehead atoms. The monoisotopic (exact) mass is 450 g/mol. The lowest BCUT2D eigenvalue weighted by Crippen LogP contribution is -2.32. The van der Waals surface area contributed by atoms with E-state index in [1.54, 1.807) is 24.3 Å². The zero-order chi connectivity index (χ0) is 22.7. The van der Waals surface area contributed by atoms with Gasteiger partial charge in [-0.15, -0.1) is 4.68 Å². The molecular formula is C22H15ClN4O5. The molecule has 0 unspecified atom stereocenters. The minimum Gasteiger partial charge on any atom is -0.481 e. The summed E-state index contributed by atoms with van der Waals surface area (Å²) in [6, 6.07) is 18.1. The molecule has 1 heterocycles. The first-order chi connectivity index (χ1) is 15.4. The molecule has 3 aromatic carbocycles. The molecule has 4 rings (SSSR count). The second-order valence-electron chi connectivity index (χ2n) is 6.71. The molecule has 0 spiro atoms. The van der Waals surface area contributed by atoms with Gasteiger partial charge in [0.1, 0.15) is 6.61 Å². The molecule has 1 N–H and O–H groups in total. The van der Waals surface area contributed by atoms with Crippen LogP contribution in [0.3, 0.4) is 0 Å². The number of aromatic amines is 1. The largest absolute Gasteiger partial charge is 0.481 e. The van der Waals surface area contributed by atoms with E-state index in [4.69, 9.17) is 16.3 Å². The van der Waals surface area contributed by atoms with Gasteiger partial charge in [-0.2, -0.15) is 5.10 Å². The van der Waals surface area contributed by atoms with Gasteiger partial charge in [-0.05, 0) is 23.8 Å². The minimum absolute atomic E-state index is 0.0562. The molecule has 160 valence electrons. The van der Waals surface area contributed by atoms with Crippen LogP contribution in [0.2, 0.25) is 5.02 Å². The topological polar surface area (TPSA) is 120 Å². The van der Waals surface area contributed by atoms with Crippen molar-refractivity contribution in [3.05, 3.63) is 114 Å². The van der Waals surface area contributed by atoms with Crippen LogP contribution in [-0.4, -0.2) is 20.8 Å². The normalized spacial score (nSPS) is 11.2. The lowest BCUT2D eigenvalue weighted by Gasteiger charge is -2.10. The zero-order valence-electron chi connectivity index (χ0n) is 16.4. The van der Waals surface area contributed by atoms with E-state index in [0.717, 1.165) is 17.8 Å². The highest BCUT2D eigenvalue weighted by Gasteiger charge is 2.21. The number of benzene rings is 3. The summed E-state index contributed by atoms with van der Waals surface area (Å²) in [5.74, 6) is -0.0859. The Labute approximate surface area is 185 Å². The van der Waals surface area contributed by atoms with Gasteiger partial charge in [0, 0.05) is 16.7 Å². The maximum absolute atomic E-state index is 12.7. The predicted octanol–water partition coefficient (Wildman–Crippen LogP) is 3.71. The summed E-state index contributed by atoms with van der Waals surface area (Å²) in [6.45, 7) is 0.0562. The van der Waals surface area contributed by atoms with Crippen LogP contribution >= 0.6 is 11.6 Å². The first kappa shape index (κ1) is 21.0. The third kappa shape index (κ3) is 4.28. The molecule has 0 atom stereocenters. The lowest BCUT2D eigenvalue weighted by molar-refractivity contribution is -0.385. The Balaban J connectivity index is 1.79. The van der Waals surface area contributed by atoms with Crippen molar-refractivity contribution in [2.24, 2.45) is 5.10 Å². The highest BCUT2D eigenvalue weighted by molar-refractivity contribution is 6.31. The summed E-state index contributed by atoms with van der Waals surface area (Å²) in [6.07, 6.45) is 1.13. The molecule has 4 aromatic rings. The first-order valence-corrected chi connectivity index (χ1v) is 9.75. The quantitative estimate of drug-likeness (QED) is 0.273. The average Bonchev–Trinajstić information content (AvgIpc) is 2.78. The van der Waals surface area contributed by atoms with Crippen molar-refractivity contribution in [3.8, 4) is 5.75 Å². The van der Waals surface area contributed by atoms with Gasteiger partial charge in [0.2, 0.25) is 5.75 Å². The first-order valence-electron chi connectivity index (χ1n) is 9.37. The van der Waals surface area contributed by atoms with E-state index in [2.05, 4.69) is 10.1 Å².